The lowest BCUT2D eigenvalue weighted by molar-refractivity contribution is -0.168. The van der Waals surface area contributed by atoms with Gasteiger partial charge in [0.05, 0.1) is 24.5 Å². The maximum absolute atomic E-state index is 11.9. The summed E-state index contributed by atoms with van der Waals surface area (Å²) in [5.41, 5.74) is 3.17. The summed E-state index contributed by atoms with van der Waals surface area (Å²) in [6, 6.07) is 7.70. The summed E-state index contributed by atoms with van der Waals surface area (Å²) < 4.78 is 6.07. The van der Waals surface area contributed by atoms with E-state index in [1.807, 2.05) is 31.2 Å². The molecule has 1 aliphatic rings. The number of aromatic nitrogens is 2. The molecule has 1 aromatic carbocycles. The van der Waals surface area contributed by atoms with Crippen LogP contribution in [0.3, 0.4) is 0 Å². The van der Waals surface area contributed by atoms with E-state index in [9.17, 15) is 14.4 Å². The van der Waals surface area contributed by atoms with E-state index in [1.165, 1.54) is 11.2 Å². The summed E-state index contributed by atoms with van der Waals surface area (Å²) >= 11 is 0. The number of hydrogen-bond donors (Lipinski definition) is 1. The number of carbonyl (C=O) groups excluding carboxylic acids is 2. The molecule has 0 saturated heterocycles. The fraction of sp³-hybridized carbons (Fsp3) is 0.333. The molecule has 1 aliphatic heterocycles. The molecule has 1 N–H and O–H groups in total. The van der Waals surface area contributed by atoms with Crippen LogP contribution in [0.15, 0.2) is 30.6 Å². The van der Waals surface area contributed by atoms with Crippen molar-refractivity contribution in [1.82, 2.24) is 14.6 Å². The summed E-state index contributed by atoms with van der Waals surface area (Å²) in [6.07, 6.45) is 1.03. The van der Waals surface area contributed by atoms with Crippen LogP contribution in [-0.4, -0.2) is 50.9 Å². The van der Waals surface area contributed by atoms with Crippen molar-refractivity contribution < 1.29 is 29.1 Å². The van der Waals surface area contributed by atoms with E-state index < -0.39 is 18.0 Å². The Kier molecular flexibility index (Phi) is 5.39. The maximum atomic E-state index is 11.9. The average molecular weight is 373 g/mol. The summed E-state index contributed by atoms with van der Waals surface area (Å²) in [4.78, 5) is 45.0. The van der Waals surface area contributed by atoms with Crippen molar-refractivity contribution in [2.24, 2.45) is 0 Å². The van der Waals surface area contributed by atoms with E-state index in [2.05, 4.69) is 4.98 Å². The van der Waals surface area contributed by atoms with Crippen LogP contribution >= 0.6 is 0 Å². The first-order valence-electron chi connectivity index (χ1n) is 8.42. The zero-order chi connectivity index (χ0) is 19.4. The lowest BCUT2D eigenvalue weighted by Crippen LogP contribution is -2.37. The van der Waals surface area contributed by atoms with E-state index in [-0.39, 0.29) is 19.7 Å². The largest absolute Gasteiger partial charge is 0.465 e. The summed E-state index contributed by atoms with van der Waals surface area (Å²) in [7, 11) is 0. The second-order valence-electron chi connectivity index (χ2n) is 6.11. The lowest BCUT2D eigenvalue weighted by Gasteiger charge is -2.23. The van der Waals surface area contributed by atoms with Crippen LogP contribution in [0.2, 0.25) is 0 Å². The highest BCUT2D eigenvalue weighted by Crippen LogP contribution is 2.17. The van der Waals surface area contributed by atoms with Crippen LogP contribution in [0.5, 0.6) is 0 Å². The number of imidazole rings is 1. The average Bonchev–Trinajstić information content (AvgIpc) is 3.05. The van der Waals surface area contributed by atoms with Gasteiger partial charge in [0, 0.05) is 19.4 Å². The standard InChI is InChI=1S/C18H19N3O6/c1-12-4-2-3-5-13(12)7-9-26-16(22)17(23)27-21-11-19-14-10-20(18(24)25)8-6-15(14)21/h2-5,11H,6-10H2,1H3,(H,24,25). The summed E-state index contributed by atoms with van der Waals surface area (Å²) in [5.74, 6) is -2.24. The van der Waals surface area contributed by atoms with Gasteiger partial charge in [-0.2, -0.15) is 4.73 Å². The zero-order valence-corrected chi connectivity index (χ0v) is 14.8. The van der Waals surface area contributed by atoms with Gasteiger partial charge in [0.2, 0.25) is 0 Å². The van der Waals surface area contributed by atoms with E-state index in [4.69, 9.17) is 14.7 Å². The monoisotopic (exact) mass is 373 g/mol. The number of carboxylic acid groups (broad SMARTS) is 1. The number of benzene rings is 1. The molecule has 0 fully saturated rings. The SMILES string of the molecule is Cc1ccccc1CCOC(=O)C(=O)On1cnc2c1CCN(C(=O)O)C2. The second kappa shape index (κ2) is 7.90. The fourth-order valence-electron chi connectivity index (χ4n) is 2.85. The van der Waals surface area contributed by atoms with E-state index in [0.29, 0.717) is 24.2 Å². The molecule has 1 aromatic heterocycles. The van der Waals surface area contributed by atoms with Crippen LogP contribution in [-0.2, 0) is 33.7 Å². The van der Waals surface area contributed by atoms with Crippen molar-refractivity contribution in [2.75, 3.05) is 13.2 Å². The van der Waals surface area contributed by atoms with Crippen LogP contribution in [0, 0.1) is 6.92 Å². The van der Waals surface area contributed by atoms with Crippen molar-refractivity contribution in [3.05, 3.63) is 53.1 Å². The van der Waals surface area contributed by atoms with Gasteiger partial charge in [0.25, 0.3) is 0 Å². The first-order valence-corrected chi connectivity index (χ1v) is 8.42. The minimum absolute atomic E-state index is 0.0639. The molecular formula is C18H19N3O6. The predicted octanol–water partition coefficient (Wildman–Crippen LogP) is 0.969. The first-order chi connectivity index (χ1) is 13.0. The summed E-state index contributed by atoms with van der Waals surface area (Å²) in [5, 5.41) is 9.02. The van der Waals surface area contributed by atoms with Crippen molar-refractivity contribution in [3.8, 4) is 0 Å². The Balaban J connectivity index is 1.53. The molecule has 0 unspecified atom stereocenters. The minimum atomic E-state index is -1.15. The van der Waals surface area contributed by atoms with Gasteiger partial charge in [-0.05, 0) is 18.1 Å². The van der Waals surface area contributed by atoms with Gasteiger partial charge >= 0.3 is 18.0 Å². The molecule has 2 heterocycles. The molecule has 1 amide bonds. The third-order valence-corrected chi connectivity index (χ3v) is 4.36. The zero-order valence-electron chi connectivity index (χ0n) is 14.8. The van der Waals surface area contributed by atoms with Gasteiger partial charge < -0.3 is 19.6 Å². The molecule has 0 radical (unpaired) electrons. The molecule has 2 aromatic rings. The highest BCUT2D eigenvalue weighted by Gasteiger charge is 2.27. The Morgan fingerprint density at radius 1 is 1.22 bits per heavy atom. The van der Waals surface area contributed by atoms with E-state index in [0.717, 1.165) is 15.9 Å². The summed E-state index contributed by atoms with van der Waals surface area (Å²) in [6.45, 7) is 2.38. The molecule has 27 heavy (non-hydrogen) atoms. The number of ether oxygens (including phenoxy) is 1. The quantitative estimate of drug-likeness (QED) is 0.628. The Morgan fingerprint density at radius 3 is 2.74 bits per heavy atom. The predicted molar refractivity (Wildman–Crippen MR) is 91.8 cm³/mol. The normalized spacial score (nSPS) is 13.0. The molecule has 0 aliphatic carbocycles. The van der Waals surface area contributed by atoms with Crippen LogP contribution in [0.25, 0.3) is 0 Å². The van der Waals surface area contributed by atoms with Crippen molar-refractivity contribution in [1.29, 1.82) is 0 Å². The van der Waals surface area contributed by atoms with Crippen molar-refractivity contribution >= 4 is 18.0 Å². The van der Waals surface area contributed by atoms with Crippen molar-refractivity contribution in [2.45, 2.75) is 26.3 Å². The van der Waals surface area contributed by atoms with Gasteiger partial charge in [-0.25, -0.2) is 19.4 Å². The minimum Gasteiger partial charge on any atom is -0.465 e. The van der Waals surface area contributed by atoms with Gasteiger partial charge in [-0.1, -0.05) is 24.3 Å². The van der Waals surface area contributed by atoms with E-state index >= 15 is 0 Å². The molecule has 0 saturated carbocycles. The molecule has 9 nitrogen and oxygen atoms in total. The smallest absolute Gasteiger partial charge is 0.442 e. The molecule has 3 rings (SSSR count). The molecule has 0 bridgehead atoms. The highest BCUT2D eigenvalue weighted by atomic mass is 16.7. The Bertz CT molecular complexity index is 876. The van der Waals surface area contributed by atoms with Gasteiger partial charge in [0.1, 0.15) is 6.33 Å². The third-order valence-electron chi connectivity index (χ3n) is 4.36. The van der Waals surface area contributed by atoms with Crippen LogP contribution < -0.4 is 4.84 Å². The maximum Gasteiger partial charge on any atom is 0.442 e. The molecule has 0 atom stereocenters. The highest BCUT2D eigenvalue weighted by molar-refractivity contribution is 6.29. The second-order valence-corrected chi connectivity index (χ2v) is 6.11. The fourth-order valence-corrected chi connectivity index (χ4v) is 2.85. The van der Waals surface area contributed by atoms with Gasteiger partial charge in [0.15, 0.2) is 0 Å². The number of rotatable bonds is 4. The third kappa shape index (κ3) is 4.25. The molecule has 9 heteroatoms. The number of fused-ring (bicyclic) bond motifs is 1. The number of amides is 1. The Hall–Kier alpha value is -3.36. The number of carbonyl (C=O) groups is 3. The van der Waals surface area contributed by atoms with Crippen molar-refractivity contribution in [3.63, 3.8) is 0 Å². The van der Waals surface area contributed by atoms with Crippen LogP contribution in [0.1, 0.15) is 22.5 Å². The number of esters is 1. The van der Waals surface area contributed by atoms with Gasteiger partial charge in [-0.15, -0.1) is 0 Å². The topological polar surface area (TPSA) is 111 Å². The van der Waals surface area contributed by atoms with Crippen LogP contribution in [0.4, 0.5) is 4.79 Å². The number of aryl methyl sites for hydroxylation is 1. The Morgan fingerprint density at radius 2 is 2.00 bits per heavy atom. The van der Waals surface area contributed by atoms with Gasteiger partial charge in [-0.3, -0.25) is 0 Å². The molecular weight excluding hydrogens is 354 g/mol. The first kappa shape index (κ1) is 18.4. The lowest BCUT2D eigenvalue weighted by atomic mass is 10.1. The molecule has 0 spiro atoms. The van der Waals surface area contributed by atoms with E-state index in [1.54, 1.807) is 0 Å². The Labute approximate surface area is 155 Å². The number of hydrogen-bond acceptors (Lipinski definition) is 6. The number of nitrogens with zero attached hydrogens (tertiary/aromatic N) is 3. The molecule has 142 valence electrons.